The van der Waals surface area contributed by atoms with Crippen LogP contribution in [0.4, 0.5) is 5.69 Å². The van der Waals surface area contributed by atoms with Crippen LogP contribution in [0, 0.1) is 0 Å². The normalized spacial score (nSPS) is 9.89. The molecule has 0 heterocycles. The zero-order chi connectivity index (χ0) is 13.5. The standard InChI is InChI=1S/C15H15NO3/c17-15(18)12-5-4-8-14(11-12)19-10-9-16-13-6-2-1-3-7-13/h1-8,11,16H,9-10H2,(H,17,18). The van der Waals surface area contributed by atoms with Crippen LogP contribution in [0.25, 0.3) is 0 Å². The number of carboxylic acids is 1. The fourth-order valence-corrected chi connectivity index (χ4v) is 1.64. The number of nitrogens with one attached hydrogen (secondary N) is 1. The predicted molar refractivity (Wildman–Crippen MR) is 73.8 cm³/mol. The van der Waals surface area contributed by atoms with Gasteiger partial charge in [-0.2, -0.15) is 0 Å². The van der Waals surface area contributed by atoms with Gasteiger partial charge in [-0.15, -0.1) is 0 Å². The summed E-state index contributed by atoms with van der Waals surface area (Å²) in [7, 11) is 0. The Bertz CT molecular complexity index is 540. The summed E-state index contributed by atoms with van der Waals surface area (Å²) in [6, 6.07) is 16.3. The minimum absolute atomic E-state index is 0.230. The Morgan fingerprint density at radius 2 is 1.89 bits per heavy atom. The van der Waals surface area contributed by atoms with Gasteiger partial charge in [0.15, 0.2) is 0 Å². The third-order valence-corrected chi connectivity index (χ3v) is 2.55. The zero-order valence-electron chi connectivity index (χ0n) is 10.4. The van der Waals surface area contributed by atoms with Crippen molar-refractivity contribution in [2.45, 2.75) is 0 Å². The fourth-order valence-electron chi connectivity index (χ4n) is 1.64. The Hall–Kier alpha value is -2.49. The van der Waals surface area contributed by atoms with E-state index in [-0.39, 0.29) is 5.56 Å². The summed E-state index contributed by atoms with van der Waals surface area (Å²) in [6.45, 7) is 1.12. The van der Waals surface area contributed by atoms with Gasteiger partial charge in [-0.05, 0) is 30.3 Å². The van der Waals surface area contributed by atoms with Crippen LogP contribution in [0.15, 0.2) is 54.6 Å². The first-order valence-corrected chi connectivity index (χ1v) is 6.01. The number of benzene rings is 2. The number of hydrogen-bond donors (Lipinski definition) is 2. The maximum Gasteiger partial charge on any atom is 0.335 e. The number of carbonyl (C=O) groups is 1. The number of anilines is 1. The van der Waals surface area contributed by atoms with Crippen molar-refractivity contribution < 1.29 is 14.6 Å². The summed E-state index contributed by atoms with van der Waals surface area (Å²) in [6.07, 6.45) is 0. The Labute approximate surface area is 111 Å². The molecule has 0 saturated heterocycles. The highest BCUT2D eigenvalue weighted by Gasteiger charge is 2.03. The van der Waals surface area contributed by atoms with Gasteiger partial charge in [0.1, 0.15) is 12.4 Å². The molecule has 0 aliphatic rings. The molecule has 0 bridgehead atoms. The fraction of sp³-hybridized carbons (Fsp3) is 0.133. The van der Waals surface area contributed by atoms with Crippen molar-refractivity contribution in [2.75, 3.05) is 18.5 Å². The van der Waals surface area contributed by atoms with Crippen molar-refractivity contribution in [3.63, 3.8) is 0 Å². The summed E-state index contributed by atoms with van der Waals surface area (Å²) in [5.41, 5.74) is 1.26. The van der Waals surface area contributed by atoms with Crippen molar-refractivity contribution in [2.24, 2.45) is 0 Å². The molecule has 0 fully saturated rings. The van der Waals surface area contributed by atoms with Crippen molar-refractivity contribution in [3.05, 3.63) is 60.2 Å². The van der Waals surface area contributed by atoms with E-state index in [0.29, 0.717) is 18.9 Å². The Morgan fingerprint density at radius 3 is 2.63 bits per heavy atom. The highest BCUT2D eigenvalue weighted by atomic mass is 16.5. The SMILES string of the molecule is O=C(O)c1cccc(OCCNc2ccccc2)c1. The molecule has 2 aromatic carbocycles. The number of carboxylic acid groups (broad SMARTS) is 1. The molecule has 98 valence electrons. The van der Waals surface area contributed by atoms with Gasteiger partial charge in [-0.3, -0.25) is 0 Å². The highest BCUT2D eigenvalue weighted by molar-refractivity contribution is 5.87. The molecule has 0 aromatic heterocycles. The van der Waals surface area contributed by atoms with Crippen LogP contribution in [0.1, 0.15) is 10.4 Å². The van der Waals surface area contributed by atoms with Crippen molar-refractivity contribution >= 4 is 11.7 Å². The third-order valence-electron chi connectivity index (χ3n) is 2.55. The molecule has 4 heteroatoms. The van der Waals surface area contributed by atoms with E-state index >= 15 is 0 Å². The molecule has 0 amide bonds. The average Bonchev–Trinajstić information content (AvgIpc) is 2.45. The quantitative estimate of drug-likeness (QED) is 0.781. The summed E-state index contributed by atoms with van der Waals surface area (Å²) in [4.78, 5) is 10.8. The predicted octanol–water partition coefficient (Wildman–Crippen LogP) is 2.88. The van der Waals surface area contributed by atoms with E-state index in [9.17, 15) is 4.79 Å². The second-order valence-electron chi connectivity index (χ2n) is 3.97. The monoisotopic (exact) mass is 257 g/mol. The molecule has 0 atom stereocenters. The minimum atomic E-state index is -0.951. The minimum Gasteiger partial charge on any atom is -0.492 e. The second-order valence-corrected chi connectivity index (χ2v) is 3.97. The summed E-state index contributed by atoms with van der Waals surface area (Å²) < 4.78 is 5.49. The van der Waals surface area contributed by atoms with Crippen molar-refractivity contribution in [1.82, 2.24) is 0 Å². The van der Waals surface area contributed by atoms with Crippen LogP contribution in [0.5, 0.6) is 5.75 Å². The molecular formula is C15H15NO3. The van der Waals surface area contributed by atoms with Crippen molar-refractivity contribution in [3.8, 4) is 5.75 Å². The third kappa shape index (κ3) is 4.03. The van der Waals surface area contributed by atoms with Crippen LogP contribution in [-0.2, 0) is 0 Å². The van der Waals surface area contributed by atoms with Crippen LogP contribution in [0.3, 0.4) is 0 Å². The molecule has 2 N–H and O–H groups in total. The molecule has 2 aromatic rings. The highest BCUT2D eigenvalue weighted by Crippen LogP contribution is 2.13. The average molecular weight is 257 g/mol. The first-order valence-electron chi connectivity index (χ1n) is 6.01. The van der Waals surface area contributed by atoms with E-state index in [0.717, 1.165) is 5.69 Å². The van der Waals surface area contributed by atoms with E-state index in [1.54, 1.807) is 12.1 Å². The van der Waals surface area contributed by atoms with Gasteiger partial charge in [0.2, 0.25) is 0 Å². The molecule has 0 unspecified atom stereocenters. The van der Waals surface area contributed by atoms with Crippen LogP contribution >= 0.6 is 0 Å². The first kappa shape index (κ1) is 13.0. The van der Waals surface area contributed by atoms with Crippen LogP contribution in [0.2, 0.25) is 0 Å². The number of ether oxygens (including phenoxy) is 1. The second kappa shape index (κ2) is 6.44. The van der Waals surface area contributed by atoms with Crippen LogP contribution < -0.4 is 10.1 Å². The molecule has 4 nitrogen and oxygen atoms in total. The van der Waals surface area contributed by atoms with E-state index in [4.69, 9.17) is 9.84 Å². The van der Waals surface area contributed by atoms with E-state index < -0.39 is 5.97 Å². The van der Waals surface area contributed by atoms with Gasteiger partial charge < -0.3 is 15.2 Å². The molecule has 0 aliphatic carbocycles. The lowest BCUT2D eigenvalue weighted by molar-refractivity contribution is 0.0696. The van der Waals surface area contributed by atoms with E-state index in [2.05, 4.69) is 5.32 Å². The molecule has 0 radical (unpaired) electrons. The molecule has 19 heavy (non-hydrogen) atoms. The smallest absolute Gasteiger partial charge is 0.335 e. The van der Waals surface area contributed by atoms with Gasteiger partial charge in [0.25, 0.3) is 0 Å². The number of rotatable bonds is 6. The summed E-state index contributed by atoms with van der Waals surface area (Å²) in [5.74, 6) is -0.386. The Morgan fingerprint density at radius 1 is 1.11 bits per heavy atom. The van der Waals surface area contributed by atoms with Crippen LogP contribution in [-0.4, -0.2) is 24.2 Å². The number of aromatic carboxylic acids is 1. The molecule has 2 rings (SSSR count). The Kier molecular flexibility index (Phi) is 4.39. The lowest BCUT2D eigenvalue weighted by Crippen LogP contribution is -2.11. The van der Waals surface area contributed by atoms with Crippen molar-refractivity contribution in [1.29, 1.82) is 0 Å². The first-order chi connectivity index (χ1) is 9.25. The lowest BCUT2D eigenvalue weighted by Gasteiger charge is -2.08. The van der Waals surface area contributed by atoms with Gasteiger partial charge in [-0.25, -0.2) is 4.79 Å². The van der Waals surface area contributed by atoms with E-state index in [1.807, 2.05) is 30.3 Å². The molecular weight excluding hydrogens is 242 g/mol. The topological polar surface area (TPSA) is 58.6 Å². The summed E-state index contributed by atoms with van der Waals surface area (Å²) in [5, 5.41) is 12.1. The van der Waals surface area contributed by atoms with Gasteiger partial charge in [0.05, 0.1) is 5.56 Å². The maximum atomic E-state index is 10.8. The Balaban J connectivity index is 1.80. The zero-order valence-corrected chi connectivity index (χ0v) is 10.4. The molecule has 0 saturated carbocycles. The number of para-hydroxylation sites is 1. The molecule has 0 aliphatic heterocycles. The lowest BCUT2D eigenvalue weighted by atomic mass is 10.2. The maximum absolute atomic E-state index is 10.8. The van der Waals surface area contributed by atoms with Gasteiger partial charge >= 0.3 is 5.97 Å². The summed E-state index contributed by atoms with van der Waals surface area (Å²) >= 11 is 0. The van der Waals surface area contributed by atoms with Gasteiger partial charge in [0, 0.05) is 12.2 Å². The largest absolute Gasteiger partial charge is 0.492 e. The van der Waals surface area contributed by atoms with Gasteiger partial charge in [-0.1, -0.05) is 24.3 Å². The number of hydrogen-bond acceptors (Lipinski definition) is 3. The van der Waals surface area contributed by atoms with E-state index in [1.165, 1.54) is 12.1 Å². The molecule has 0 spiro atoms.